The maximum Gasteiger partial charge on any atom is 0.131 e. The van der Waals surface area contributed by atoms with E-state index in [0.717, 1.165) is 53.2 Å². The summed E-state index contributed by atoms with van der Waals surface area (Å²) in [4.78, 5) is 9.23. The summed E-state index contributed by atoms with van der Waals surface area (Å²) >= 11 is 5.25. The molecule has 0 atom stereocenters. The molecule has 2 heterocycles. The predicted molar refractivity (Wildman–Crippen MR) is 85.8 cm³/mol. The second-order valence-electron chi connectivity index (χ2n) is 4.36. The number of nitrogens with zero attached hydrogens (tertiary/aromatic N) is 2. The topological polar surface area (TPSA) is 37.8 Å². The fourth-order valence-electron chi connectivity index (χ4n) is 1.78. The number of rotatable bonds is 6. The van der Waals surface area contributed by atoms with Crippen LogP contribution in [0, 0.1) is 0 Å². The normalized spacial score (nSPS) is 10.7. The van der Waals surface area contributed by atoms with Gasteiger partial charge < -0.3 is 5.32 Å². The van der Waals surface area contributed by atoms with Crippen LogP contribution >= 0.6 is 27.3 Å². The van der Waals surface area contributed by atoms with E-state index in [4.69, 9.17) is 0 Å². The Balaban J connectivity index is 2.36. The maximum atomic E-state index is 4.66. The number of halogens is 1. The summed E-state index contributed by atoms with van der Waals surface area (Å²) in [6.45, 7) is 5.24. The molecule has 2 aromatic rings. The Morgan fingerprint density at radius 2 is 2.05 bits per heavy atom. The van der Waals surface area contributed by atoms with Crippen LogP contribution in [-0.4, -0.2) is 16.5 Å². The third-order valence-corrected chi connectivity index (χ3v) is 4.40. The first-order valence-corrected chi connectivity index (χ1v) is 8.32. The predicted octanol–water partition coefficient (Wildman–Crippen LogP) is 4.74. The third kappa shape index (κ3) is 3.76. The van der Waals surface area contributed by atoms with Gasteiger partial charge in [-0.3, -0.25) is 0 Å². The van der Waals surface area contributed by atoms with E-state index >= 15 is 0 Å². The van der Waals surface area contributed by atoms with Crippen LogP contribution < -0.4 is 5.32 Å². The van der Waals surface area contributed by atoms with Crippen LogP contribution in [0.1, 0.15) is 32.5 Å². The Labute approximate surface area is 126 Å². The van der Waals surface area contributed by atoms with Crippen LogP contribution in [0.15, 0.2) is 21.3 Å². The first-order valence-electron chi connectivity index (χ1n) is 6.58. The van der Waals surface area contributed by atoms with E-state index in [0.29, 0.717) is 0 Å². The zero-order valence-electron chi connectivity index (χ0n) is 11.2. The lowest BCUT2D eigenvalue weighted by atomic mass is 10.2. The Kier molecular flexibility index (Phi) is 5.34. The number of aromatic nitrogens is 2. The highest BCUT2D eigenvalue weighted by atomic mass is 79.9. The molecule has 2 rings (SSSR count). The number of anilines is 1. The van der Waals surface area contributed by atoms with E-state index in [-0.39, 0.29) is 0 Å². The highest BCUT2D eigenvalue weighted by Crippen LogP contribution is 2.31. The minimum Gasteiger partial charge on any atom is -0.370 e. The second kappa shape index (κ2) is 7.01. The molecule has 0 fully saturated rings. The van der Waals surface area contributed by atoms with E-state index in [1.807, 2.05) is 6.07 Å². The van der Waals surface area contributed by atoms with Crippen molar-refractivity contribution >= 4 is 33.1 Å². The molecule has 3 nitrogen and oxygen atoms in total. The minimum atomic E-state index is 0.913. The first-order chi connectivity index (χ1) is 9.24. The van der Waals surface area contributed by atoms with Crippen molar-refractivity contribution in [1.29, 1.82) is 0 Å². The molecule has 0 radical (unpaired) electrons. The number of nitrogens with one attached hydrogen (secondary N) is 1. The maximum absolute atomic E-state index is 4.66. The summed E-state index contributed by atoms with van der Waals surface area (Å²) in [5.74, 6) is 1.84. The highest BCUT2D eigenvalue weighted by Gasteiger charge is 2.09. The van der Waals surface area contributed by atoms with Gasteiger partial charge in [0.15, 0.2) is 0 Å². The molecule has 0 aromatic carbocycles. The first kappa shape index (κ1) is 14.5. The Morgan fingerprint density at radius 3 is 2.68 bits per heavy atom. The van der Waals surface area contributed by atoms with Gasteiger partial charge in [-0.05, 0) is 28.8 Å². The molecule has 0 amide bonds. The molecule has 0 spiro atoms. The highest BCUT2D eigenvalue weighted by molar-refractivity contribution is 9.10. The van der Waals surface area contributed by atoms with Gasteiger partial charge in [-0.25, -0.2) is 9.97 Å². The van der Waals surface area contributed by atoms with Crippen LogP contribution in [-0.2, 0) is 6.42 Å². The van der Waals surface area contributed by atoms with Crippen molar-refractivity contribution in [2.45, 2.75) is 33.1 Å². The second-order valence-corrected chi connectivity index (χ2v) is 5.96. The van der Waals surface area contributed by atoms with Gasteiger partial charge in [-0.2, -0.15) is 11.3 Å². The SMILES string of the molecule is CCCNc1cc(-c2cscc2Br)nc(CCC)n1. The summed E-state index contributed by atoms with van der Waals surface area (Å²) < 4.78 is 1.10. The molecule has 19 heavy (non-hydrogen) atoms. The number of hydrogen-bond acceptors (Lipinski definition) is 4. The molecule has 1 N–H and O–H groups in total. The number of thiophene rings is 1. The lowest BCUT2D eigenvalue weighted by Crippen LogP contribution is -2.06. The van der Waals surface area contributed by atoms with Crippen LogP contribution in [0.5, 0.6) is 0 Å². The van der Waals surface area contributed by atoms with Crippen molar-refractivity contribution in [3.05, 3.63) is 27.1 Å². The fourth-order valence-corrected chi connectivity index (χ4v) is 3.27. The zero-order chi connectivity index (χ0) is 13.7. The van der Waals surface area contributed by atoms with Gasteiger partial charge in [0.05, 0.1) is 5.69 Å². The summed E-state index contributed by atoms with van der Waals surface area (Å²) in [5.41, 5.74) is 2.13. The van der Waals surface area contributed by atoms with E-state index in [1.165, 1.54) is 0 Å². The largest absolute Gasteiger partial charge is 0.370 e. The molecule has 0 saturated carbocycles. The van der Waals surface area contributed by atoms with Crippen LogP contribution in [0.3, 0.4) is 0 Å². The van der Waals surface area contributed by atoms with Gasteiger partial charge in [-0.1, -0.05) is 13.8 Å². The monoisotopic (exact) mass is 339 g/mol. The molecule has 0 unspecified atom stereocenters. The number of hydrogen-bond donors (Lipinski definition) is 1. The Morgan fingerprint density at radius 1 is 1.21 bits per heavy atom. The van der Waals surface area contributed by atoms with Gasteiger partial charge in [-0.15, -0.1) is 0 Å². The summed E-state index contributed by atoms with van der Waals surface area (Å²) in [5, 5.41) is 7.55. The molecule has 0 saturated heterocycles. The van der Waals surface area contributed by atoms with Crippen LogP contribution in [0.25, 0.3) is 11.3 Å². The molecule has 0 aliphatic heterocycles. The van der Waals surface area contributed by atoms with E-state index in [1.54, 1.807) is 11.3 Å². The standard InChI is InChI=1S/C14H18BrN3S/c1-3-5-13-17-12(10-8-19-9-11(10)15)7-14(18-13)16-6-4-2/h7-9H,3-6H2,1-2H3,(H,16,17,18). The molecule has 102 valence electrons. The molecule has 0 aliphatic carbocycles. The third-order valence-electron chi connectivity index (χ3n) is 2.69. The van der Waals surface area contributed by atoms with Gasteiger partial charge in [0.1, 0.15) is 11.6 Å². The van der Waals surface area contributed by atoms with Crippen LogP contribution in [0.2, 0.25) is 0 Å². The van der Waals surface area contributed by atoms with E-state index in [9.17, 15) is 0 Å². The summed E-state index contributed by atoms with van der Waals surface area (Å²) in [7, 11) is 0. The minimum absolute atomic E-state index is 0.913. The van der Waals surface area contributed by atoms with Gasteiger partial charge in [0.2, 0.25) is 0 Å². The molecule has 5 heteroatoms. The van der Waals surface area contributed by atoms with E-state index in [2.05, 4.69) is 55.8 Å². The van der Waals surface area contributed by atoms with Crippen molar-refractivity contribution in [3.8, 4) is 11.3 Å². The Bertz CT molecular complexity index is 539. The van der Waals surface area contributed by atoms with Crippen molar-refractivity contribution in [1.82, 2.24) is 9.97 Å². The van der Waals surface area contributed by atoms with Gasteiger partial charge >= 0.3 is 0 Å². The summed E-state index contributed by atoms with van der Waals surface area (Å²) in [6, 6.07) is 2.03. The summed E-state index contributed by atoms with van der Waals surface area (Å²) in [6.07, 6.45) is 3.06. The fraction of sp³-hybridized carbons (Fsp3) is 0.429. The van der Waals surface area contributed by atoms with Crippen molar-refractivity contribution in [3.63, 3.8) is 0 Å². The van der Waals surface area contributed by atoms with E-state index < -0.39 is 0 Å². The molecule has 2 aromatic heterocycles. The average Bonchev–Trinajstić information content (AvgIpc) is 2.83. The lowest BCUT2D eigenvalue weighted by molar-refractivity contribution is 0.834. The smallest absolute Gasteiger partial charge is 0.131 e. The van der Waals surface area contributed by atoms with Gasteiger partial charge in [0, 0.05) is 39.8 Å². The molecule has 0 bridgehead atoms. The lowest BCUT2D eigenvalue weighted by Gasteiger charge is -2.09. The van der Waals surface area contributed by atoms with Crippen molar-refractivity contribution in [2.24, 2.45) is 0 Å². The Hall–Kier alpha value is -0.940. The zero-order valence-corrected chi connectivity index (χ0v) is 13.6. The molecular weight excluding hydrogens is 322 g/mol. The average molecular weight is 340 g/mol. The molecular formula is C14H18BrN3S. The van der Waals surface area contributed by atoms with Crippen molar-refractivity contribution in [2.75, 3.05) is 11.9 Å². The number of aryl methyl sites for hydroxylation is 1. The van der Waals surface area contributed by atoms with Gasteiger partial charge in [0.25, 0.3) is 0 Å². The quantitative estimate of drug-likeness (QED) is 0.825. The molecule has 0 aliphatic rings. The van der Waals surface area contributed by atoms with Crippen LogP contribution in [0.4, 0.5) is 5.82 Å². The van der Waals surface area contributed by atoms with Crippen molar-refractivity contribution < 1.29 is 0 Å².